The van der Waals surface area contributed by atoms with Crippen molar-refractivity contribution in [1.29, 1.82) is 0 Å². The second-order valence-corrected chi connectivity index (χ2v) is 6.31. The second-order valence-electron chi connectivity index (χ2n) is 5.90. The number of amides is 1. The summed E-state index contributed by atoms with van der Waals surface area (Å²) < 4.78 is 5.10. The second kappa shape index (κ2) is 7.67. The van der Waals surface area contributed by atoms with E-state index in [1.807, 2.05) is 13.0 Å². The van der Waals surface area contributed by atoms with Crippen LogP contribution in [0.5, 0.6) is 0 Å². The van der Waals surface area contributed by atoms with Gasteiger partial charge in [0.1, 0.15) is 5.82 Å². The van der Waals surface area contributed by atoms with Crippen molar-refractivity contribution in [3.8, 4) is 0 Å². The average molecular weight is 362 g/mol. The van der Waals surface area contributed by atoms with Crippen molar-refractivity contribution in [2.24, 2.45) is 5.92 Å². The van der Waals surface area contributed by atoms with Gasteiger partial charge in [-0.3, -0.25) is 4.79 Å². The summed E-state index contributed by atoms with van der Waals surface area (Å²) in [5.74, 6) is 1.33. The van der Waals surface area contributed by atoms with E-state index in [0.29, 0.717) is 53.7 Å². The number of rotatable bonds is 6. The Labute approximate surface area is 151 Å². The van der Waals surface area contributed by atoms with Crippen LogP contribution in [0.3, 0.4) is 0 Å². The number of aromatic nitrogens is 2. The van der Waals surface area contributed by atoms with Crippen LogP contribution in [-0.2, 0) is 4.74 Å². The van der Waals surface area contributed by atoms with Crippen molar-refractivity contribution in [2.45, 2.75) is 6.92 Å². The first-order chi connectivity index (χ1) is 12.0. The van der Waals surface area contributed by atoms with Gasteiger partial charge in [-0.2, -0.15) is 4.98 Å². The minimum Gasteiger partial charge on any atom is -0.381 e. The quantitative estimate of drug-likeness (QED) is 0.733. The molecule has 0 bridgehead atoms. The molecule has 0 radical (unpaired) electrons. The lowest BCUT2D eigenvalue weighted by atomic mass is 10.1. The van der Waals surface area contributed by atoms with E-state index < -0.39 is 0 Å². The number of ether oxygens (including phenoxy) is 1. The molecule has 1 amide bonds. The molecule has 2 aromatic rings. The predicted octanol–water partition coefficient (Wildman–Crippen LogP) is 2.60. The number of benzene rings is 1. The Hall–Kier alpha value is -2.38. The summed E-state index contributed by atoms with van der Waals surface area (Å²) in [6.45, 7) is 3.85. The largest absolute Gasteiger partial charge is 0.381 e. The van der Waals surface area contributed by atoms with Gasteiger partial charge in [0.05, 0.1) is 23.8 Å². The van der Waals surface area contributed by atoms with Gasteiger partial charge in [-0.25, -0.2) is 4.98 Å². The van der Waals surface area contributed by atoms with Crippen molar-refractivity contribution in [1.82, 2.24) is 15.3 Å². The van der Waals surface area contributed by atoms with Gasteiger partial charge in [0.25, 0.3) is 5.91 Å². The van der Waals surface area contributed by atoms with Gasteiger partial charge in [0.2, 0.25) is 5.95 Å². The summed E-state index contributed by atoms with van der Waals surface area (Å²) in [4.78, 5) is 21.0. The van der Waals surface area contributed by atoms with E-state index in [2.05, 4.69) is 25.9 Å². The lowest BCUT2D eigenvalue weighted by Gasteiger charge is -2.26. The summed E-state index contributed by atoms with van der Waals surface area (Å²) in [6.07, 6.45) is 0. The molecule has 1 aromatic heterocycles. The fourth-order valence-corrected chi connectivity index (χ4v) is 2.60. The van der Waals surface area contributed by atoms with Crippen molar-refractivity contribution in [3.63, 3.8) is 0 Å². The molecule has 132 valence electrons. The van der Waals surface area contributed by atoms with Gasteiger partial charge in [-0.05, 0) is 25.1 Å². The molecule has 0 saturated carbocycles. The molecule has 25 heavy (non-hydrogen) atoms. The molecule has 0 unspecified atom stereocenters. The molecule has 1 aliphatic heterocycles. The molecule has 8 heteroatoms. The molecule has 1 saturated heterocycles. The van der Waals surface area contributed by atoms with Crippen LogP contribution in [0.25, 0.3) is 0 Å². The number of hydrogen-bond acceptors (Lipinski definition) is 6. The summed E-state index contributed by atoms with van der Waals surface area (Å²) >= 11 is 6.18. The third-order valence-corrected chi connectivity index (χ3v) is 4.17. The zero-order valence-electron chi connectivity index (χ0n) is 14.1. The molecular weight excluding hydrogens is 342 g/mol. The third-order valence-electron chi connectivity index (χ3n) is 3.84. The first kappa shape index (κ1) is 17.4. The van der Waals surface area contributed by atoms with Crippen LogP contribution < -0.4 is 16.0 Å². The molecule has 1 aliphatic rings. The Kier molecular flexibility index (Phi) is 5.35. The van der Waals surface area contributed by atoms with Crippen LogP contribution in [0.1, 0.15) is 16.1 Å². The molecular formula is C17H20ClN5O2. The number of carbonyl (C=O) groups excluding carboxylic acids is 1. The summed E-state index contributed by atoms with van der Waals surface area (Å²) in [5, 5.41) is 9.38. The van der Waals surface area contributed by atoms with Gasteiger partial charge in [-0.15, -0.1) is 0 Å². The molecule has 2 heterocycles. The first-order valence-electron chi connectivity index (χ1n) is 8.01. The number of hydrogen-bond donors (Lipinski definition) is 3. The van der Waals surface area contributed by atoms with E-state index in [-0.39, 0.29) is 5.91 Å². The minimum atomic E-state index is -0.207. The summed E-state index contributed by atoms with van der Waals surface area (Å²) in [5.41, 5.74) is 1.93. The zero-order valence-corrected chi connectivity index (χ0v) is 14.9. The SMILES string of the molecule is CNc1cc(C)nc(Nc2ccc(Cl)c(C(=O)NCC3COC3)c2)n1. The maximum Gasteiger partial charge on any atom is 0.252 e. The van der Waals surface area contributed by atoms with Crippen molar-refractivity contribution < 1.29 is 9.53 Å². The molecule has 1 fully saturated rings. The smallest absolute Gasteiger partial charge is 0.252 e. The van der Waals surface area contributed by atoms with Crippen molar-refractivity contribution in [3.05, 3.63) is 40.5 Å². The molecule has 3 N–H and O–H groups in total. The number of anilines is 3. The van der Waals surface area contributed by atoms with Crippen LogP contribution in [0.4, 0.5) is 17.5 Å². The lowest BCUT2D eigenvalue weighted by Crippen LogP contribution is -2.39. The number of nitrogens with one attached hydrogen (secondary N) is 3. The molecule has 0 atom stereocenters. The normalized spacial score (nSPS) is 13.9. The van der Waals surface area contributed by atoms with Gasteiger partial charge in [0, 0.05) is 37.0 Å². The predicted molar refractivity (Wildman–Crippen MR) is 97.7 cm³/mol. The van der Waals surface area contributed by atoms with Crippen LogP contribution >= 0.6 is 11.6 Å². The molecule has 1 aromatic carbocycles. The van der Waals surface area contributed by atoms with Gasteiger partial charge in [0.15, 0.2) is 0 Å². The minimum absolute atomic E-state index is 0.207. The van der Waals surface area contributed by atoms with Crippen LogP contribution in [0, 0.1) is 12.8 Å². The van der Waals surface area contributed by atoms with E-state index in [1.165, 1.54) is 0 Å². The van der Waals surface area contributed by atoms with E-state index in [4.69, 9.17) is 16.3 Å². The molecule has 0 spiro atoms. The van der Waals surface area contributed by atoms with Crippen LogP contribution in [0.2, 0.25) is 5.02 Å². The molecule has 7 nitrogen and oxygen atoms in total. The molecule has 3 rings (SSSR count). The third kappa shape index (κ3) is 4.37. The standard InChI is InChI=1S/C17H20ClN5O2/c1-10-5-15(19-2)23-17(21-10)22-12-3-4-14(18)13(6-12)16(24)20-7-11-8-25-9-11/h3-6,11H,7-9H2,1-2H3,(H,20,24)(H2,19,21,22,23). The maximum absolute atomic E-state index is 12.4. The first-order valence-corrected chi connectivity index (χ1v) is 8.39. The summed E-state index contributed by atoms with van der Waals surface area (Å²) in [6, 6.07) is 7.00. The fourth-order valence-electron chi connectivity index (χ4n) is 2.39. The Morgan fingerprint density at radius 3 is 2.80 bits per heavy atom. The Morgan fingerprint density at radius 1 is 1.32 bits per heavy atom. The summed E-state index contributed by atoms with van der Waals surface area (Å²) in [7, 11) is 1.80. The maximum atomic E-state index is 12.4. The number of nitrogens with zero attached hydrogens (tertiary/aromatic N) is 2. The Morgan fingerprint density at radius 2 is 2.12 bits per heavy atom. The monoisotopic (exact) mass is 361 g/mol. The van der Waals surface area contributed by atoms with Crippen molar-refractivity contribution in [2.75, 3.05) is 37.4 Å². The van der Waals surface area contributed by atoms with Gasteiger partial charge >= 0.3 is 0 Å². The zero-order chi connectivity index (χ0) is 17.8. The lowest BCUT2D eigenvalue weighted by molar-refractivity contribution is -0.0298. The van der Waals surface area contributed by atoms with Crippen LogP contribution in [-0.4, -0.2) is 42.7 Å². The average Bonchev–Trinajstić information content (AvgIpc) is 2.54. The topological polar surface area (TPSA) is 88.2 Å². The Bertz CT molecular complexity index is 780. The highest BCUT2D eigenvalue weighted by Crippen LogP contribution is 2.23. The van der Waals surface area contributed by atoms with Gasteiger partial charge < -0.3 is 20.7 Å². The highest BCUT2D eigenvalue weighted by Gasteiger charge is 2.20. The van der Waals surface area contributed by atoms with E-state index in [9.17, 15) is 4.79 Å². The van der Waals surface area contributed by atoms with Crippen LogP contribution in [0.15, 0.2) is 24.3 Å². The van der Waals surface area contributed by atoms with E-state index in [0.717, 1.165) is 5.69 Å². The van der Waals surface area contributed by atoms with Gasteiger partial charge in [-0.1, -0.05) is 11.6 Å². The van der Waals surface area contributed by atoms with E-state index in [1.54, 1.807) is 25.2 Å². The number of halogens is 1. The highest BCUT2D eigenvalue weighted by atomic mass is 35.5. The van der Waals surface area contributed by atoms with E-state index >= 15 is 0 Å². The molecule has 0 aliphatic carbocycles. The number of aryl methyl sites for hydroxylation is 1. The van der Waals surface area contributed by atoms with Crippen molar-refractivity contribution >= 4 is 35.0 Å². The Balaban J connectivity index is 1.74. The highest BCUT2D eigenvalue weighted by molar-refractivity contribution is 6.34. The fraction of sp³-hybridized carbons (Fsp3) is 0.353. The number of carbonyl (C=O) groups is 1.